The van der Waals surface area contributed by atoms with Gasteiger partial charge in [-0.1, -0.05) is 18.2 Å². The number of halogens is 3. The molecule has 29 heavy (non-hydrogen) atoms. The van der Waals surface area contributed by atoms with Gasteiger partial charge in [-0.2, -0.15) is 0 Å². The largest absolute Gasteiger partial charge is 0.477 e. The third kappa shape index (κ3) is 3.45. The average Bonchev–Trinajstić information content (AvgIpc) is 3.09. The van der Waals surface area contributed by atoms with Crippen LogP contribution < -0.4 is 16.1 Å². The summed E-state index contributed by atoms with van der Waals surface area (Å²) in [4.78, 5) is 25.6. The molecule has 6 nitrogen and oxygen atoms in total. The molecule has 1 unspecified atom stereocenters. The molecular formula is C20H18ClF2N3O3. The van der Waals surface area contributed by atoms with Gasteiger partial charge in [-0.25, -0.2) is 13.6 Å². The molecule has 0 aliphatic carbocycles. The van der Waals surface area contributed by atoms with Gasteiger partial charge in [0.1, 0.15) is 17.1 Å². The fraction of sp³-hybridized carbons (Fsp3) is 0.200. The monoisotopic (exact) mass is 421 g/mol. The van der Waals surface area contributed by atoms with Crippen molar-refractivity contribution in [2.75, 3.05) is 18.0 Å². The molecule has 1 fully saturated rings. The second-order valence-corrected chi connectivity index (χ2v) is 6.79. The number of aromatic carboxylic acids is 1. The van der Waals surface area contributed by atoms with Crippen LogP contribution >= 0.6 is 12.4 Å². The first kappa shape index (κ1) is 20.8. The number of carboxylic acids is 1. The second-order valence-electron chi connectivity index (χ2n) is 6.79. The Hall–Kier alpha value is -2.97. The Balaban J connectivity index is 0.00000240. The highest BCUT2D eigenvalue weighted by molar-refractivity contribution is 5.94. The zero-order chi connectivity index (χ0) is 20.0. The average molecular weight is 422 g/mol. The van der Waals surface area contributed by atoms with Crippen LogP contribution in [0.2, 0.25) is 0 Å². The Kier molecular flexibility index (Phi) is 5.59. The molecule has 3 aromatic rings. The lowest BCUT2D eigenvalue weighted by atomic mass is 10.1. The molecular weight excluding hydrogens is 404 g/mol. The topological polar surface area (TPSA) is 88.6 Å². The maximum atomic E-state index is 15.5. The van der Waals surface area contributed by atoms with Crippen LogP contribution in [0.15, 0.2) is 47.4 Å². The van der Waals surface area contributed by atoms with Gasteiger partial charge >= 0.3 is 5.97 Å². The van der Waals surface area contributed by atoms with E-state index in [1.807, 2.05) is 0 Å². The summed E-state index contributed by atoms with van der Waals surface area (Å²) in [6.07, 6.45) is 1.67. The van der Waals surface area contributed by atoms with Gasteiger partial charge in [0.15, 0.2) is 5.82 Å². The molecule has 1 aliphatic rings. The molecule has 1 aromatic heterocycles. The number of nitrogens with zero attached hydrogens (tertiary/aromatic N) is 2. The molecule has 1 aliphatic heterocycles. The molecule has 4 rings (SSSR count). The molecule has 0 amide bonds. The van der Waals surface area contributed by atoms with Crippen molar-refractivity contribution >= 4 is 35.0 Å². The molecule has 2 heterocycles. The van der Waals surface area contributed by atoms with Crippen molar-refractivity contribution in [3.05, 3.63) is 70.0 Å². The van der Waals surface area contributed by atoms with Crippen molar-refractivity contribution in [3.63, 3.8) is 0 Å². The third-order valence-corrected chi connectivity index (χ3v) is 4.96. The first-order valence-electron chi connectivity index (χ1n) is 8.75. The molecule has 0 spiro atoms. The van der Waals surface area contributed by atoms with Crippen molar-refractivity contribution in [1.29, 1.82) is 0 Å². The number of anilines is 1. The summed E-state index contributed by atoms with van der Waals surface area (Å²) >= 11 is 0. The molecule has 9 heteroatoms. The standard InChI is InChI=1S/C20H17F2N3O3.ClH/c21-15-8-13-17(16(22)18(15)24-7-6-11(23)9-24)25(12-4-2-1-3-5-12)10-14(19(13)26)20(27)28;/h1-5,8,10-11H,6-7,9,23H2,(H,27,28);1H. The number of rotatable bonds is 3. The number of carbonyl (C=O) groups is 1. The minimum atomic E-state index is -1.47. The Morgan fingerprint density at radius 3 is 2.48 bits per heavy atom. The van der Waals surface area contributed by atoms with E-state index in [1.165, 1.54) is 9.47 Å². The summed E-state index contributed by atoms with van der Waals surface area (Å²) < 4.78 is 31.6. The van der Waals surface area contributed by atoms with E-state index in [9.17, 15) is 19.1 Å². The molecule has 2 aromatic carbocycles. The number of nitrogens with two attached hydrogens (primary N) is 1. The van der Waals surface area contributed by atoms with E-state index in [0.29, 0.717) is 25.2 Å². The molecule has 0 bridgehead atoms. The number of fused-ring (bicyclic) bond motifs is 1. The number of carboxylic acid groups (broad SMARTS) is 1. The van der Waals surface area contributed by atoms with Gasteiger partial charge in [0.2, 0.25) is 5.43 Å². The Morgan fingerprint density at radius 2 is 1.90 bits per heavy atom. The summed E-state index contributed by atoms with van der Waals surface area (Å²) in [5, 5.41) is 9.04. The molecule has 3 N–H and O–H groups in total. The SMILES string of the molecule is Cl.NC1CCN(c2c(F)cc3c(=O)c(C(=O)O)cn(-c4ccccc4)c3c2F)C1. The summed E-state index contributed by atoms with van der Waals surface area (Å²) in [6.45, 7) is 0.686. The van der Waals surface area contributed by atoms with Crippen molar-refractivity contribution in [2.45, 2.75) is 12.5 Å². The zero-order valence-corrected chi connectivity index (χ0v) is 16.0. The number of aromatic nitrogens is 1. The van der Waals surface area contributed by atoms with Gasteiger partial charge in [0.25, 0.3) is 0 Å². The summed E-state index contributed by atoms with van der Waals surface area (Å²) in [5.74, 6) is -3.30. The van der Waals surface area contributed by atoms with Crippen molar-refractivity contribution in [3.8, 4) is 5.69 Å². The Bertz CT molecular complexity index is 1150. The number of pyridine rings is 1. The minimum absolute atomic E-state index is 0. The van der Waals surface area contributed by atoms with Crippen LogP contribution in [0.25, 0.3) is 16.6 Å². The summed E-state index contributed by atoms with van der Waals surface area (Å²) in [7, 11) is 0. The van der Waals surface area contributed by atoms with Gasteiger partial charge in [0.05, 0.1) is 10.9 Å². The number of benzene rings is 2. The van der Waals surface area contributed by atoms with E-state index < -0.39 is 28.6 Å². The Labute approximate surface area is 170 Å². The number of hydrogen-bond acceptors (Lipinski definition) is 4. The van der Waals surface area contributed by atoms with Gasteiger partial charge in [-0.3, -0.25) is 4.79 Å². The lowest BCUT2D eigenvalue weighted by Gasteiger charge is -2.22. The van der Waals surface area contributed by atoms with Gasteiger partial charge in [-0.15, -0.1) is 12.4 Å². The van der Waals surface area contributed by atoms with Gasteiger partial charge < -0.3 is 20.3 Å². The van der Waals surface area contributed by atoms with Crippen LogP contribution in [0.1, 0.15) is 16.8 Å². The highest BCUT2D eigenvalue weighted by atomic mass is 35.5. The summed E-state index contributed by atoms with van der Waals surface area (Å²) in [5.41, 5.74) is 4.39. The van der Waals surface area contributed by atoms with Crippen LogP contribution in [0.4, 0.5) is 14.5 Å². The lowest BCUT2D eigenvalue weighted by molar-refractivity contribution is 0.0695. The highest BCUT2D eigenvalue weighted by Gasteiger charge is 2.28. The molecule has 1 atom stereocenters. The van der Waals surface area contributed by atoms with Gasteiger partial charge in [-0.05, 0) is 24.6 Å². The zero-order valence-electron chi connectivity index (χ0n) is 15.1. The van der Waals surface area contributed by atoms with Crippen molar-refractivity contribution in [2.24, 2.45) is 5.73 Å². The molecule has 0 radical (unpaired) electrons. The van der Waals surface area contributed by atoms with Crippen LogP contribution in [0.3, 0.4) is 0 Å². The fourth-order valence-electron chi connectivity index (χ4n) is 3.63. The molecule has 0 saturated carbocycles. The maximum absolute atomic E-state index is 15.5. The first-order valence-corrected chi connectivity index (χ1v) is 8.75. The highest BCUT2D eigenvalue weighted by Crippen LogP contribution is 2.33. The normalized spacial score (nSPS) is 16.1. The van der Waals surface area contributed by atoms with Gasteiger partial charge in [0, 0.05) is 31.0 Å². The van der Waals surface area contributed by atoms with Crippen LogP contribution in [0.5, 0.6) is 0 Å². The fourth-order valence-corrected chi connectivity index (χ4v) is 3.63. The number of hydrogen-bond donors (Lipinski definition) is 2. The second kappa shape index (κ2) is 7.81. The van der Waals surface area contributed by atoms with Crippen molar-refractivity contribution in [1.82, 2.24) is 4.57 Å². The third-order valence-electron chi connectivity index (χ3n) is 4.96. The summed E-state index contributed by atoms with van der Waals surface area (Å²) in [6, 6.07) is 9.14. The maximum Gasteiger partial charge on any atom is 0.341 e. The quantitative estimate of drug-likeness (QED) is 0.678. The lowest BCUT2D eigenvalue weighted by Crippen LogP contribution is -2.28. The molecule has 152 valence electrons. The van der Waals surface area contributed by atoms with Crippen LogP contribution in [-0.2, 0) is 0 Å². The van der Waals surface area contributed by atoms with Crippen LogP contribution in [0, 0.1) is 11.6 Å². The van der Waals surface area contributed by atoms with E-state index in [4.69, 9.17) is 5.73 Å². The van der Waals surface area contributed by atoms with Crippen LogP contribution in [-0.4, -0.2) is 34.8 Å². The predicted molar refractivity (Wildman–Crippen MR) is 108 cm³/mol. The van der Waals surface area contributed by atoms with Crippen molar-refractivity contribution < 1.29 is 18.7 Å². The van der Waals surface area contributed by atoms with E-state index in [1.54, 1.807) is 30.3 Å². The smallest absolute Gasteiger partial charge is 0.341 e. The number of para-hydroxylation sites is 1. The van der Waals surface area contributed by atoms with E-state index in [0.717, 1.165) is 12.3 Å². The minimum Gasteiger partial charge on any atom is -0.477 e. The van der Waals surface area contributed by atoms with E-state index in [2.05, 4.69) is 0 Å². The van der Waals surface area contributed by atoms with E-state index in [-0.39, 0.29) is 35.0 Å². The Morgan fingerprint density at radius 1 is 1.21 bits per heavy atom. The molecule has 1 saturated heterocycles. The first-order chi connectivity index (χ1) is 13.4. The van der Waals surface area contributed by atoms with E-state index >= 15 is 4.39 Å². The predicted octanol–water partition coefficient (Wildman–Crippen LogP) is 2.93.